The third kappa shape index (κ3) is 3.64. The first-order valence-electron chi connectivity index (χ1n) is 10.4. The molecule has 2 aromatic carbocycles. The van der Waals surface area contributed by atoms with Gasteiger partial charge in [0.2, 0.25) is 0 Å². The fourth-order valence-electron chi connectivity index (χ4n) is 3.89. The number of hydrogen-bond donors (Lipinski definition) is 0. The van der Waals surface area contributed by atoms with Crippen molar-refractivity contribution in [2.45, 2.75) is 34.2 Å². The number of hydrogen-bond acceptors (Lipinski definition) is 6. The molecule has 0 atom stereocenters. The van der Waals surface area contributed by atoms with Crippen LogP contribution in [0.15, 0.2) is 47.3 Å². The van der Waals surface area contributed by atoms with Gasteiger partial charge in [0.25, 0.3) is 5.91 Å². The van der Waals surface area contributed by atoms with Crippen molar-refractivity contribution in [3.8, 4) is 0 Å². The van der Waals surface area contributed by atoms with Crippen LogP contribution >= 0.6 is 0 Å². The Morgan fingerprint density at radius 3 is 2.34 bits per heavy atom. The van der Waals surface area contributed by atoms with Gasteiger partial charge in [0.15, 0.2) is 5.76 Å². The third-order valence-corrected chi connectivity index (χ3v) is 5.42. The van der Waals surface area contributed by atoms with Gasteiger partial charge in [-0.25, -0.2) is 14.5 Å². The van der Waals surface area contributed by atoms with Crippen LogP contribution in [0.1, 0.15) is 38.8 Å². The van der Waals surface area contributed by atoms with Gasteiger partial charge in [0, 0.05) is 41.8 Å². The molecule has 2 amide bonds. The van der Waals surface area contributed by atoms with Crippen LogP contribution in [0.5, 0.6) is 0 Å². The quantitative estimate of drug-likeness (QED) is 0.257. The van der Waals surface area contributed by atoms with E-state index in [-0.39, 0.29) is 12.3 Å². The number of rotatable bonds is 5. The Balaban J connectivity index is 1.83. The van der Waals surface area contributed by atoms with Gasteiger partial charge >= 0.3 is 12.1 Å². The standard InChI is InChI=1S/C24H23N3O5/c1-5-26-20-9-7-16(12-22-23(29)27(6-2)24(30)31-22)11-18(20)19-13-17(8-10-21(19)26)14(3)25-32-15(4)28/h7-13H,5-6H2,1-4H3/b22-12-,25-14+. The summed E-state index contributed by atoms with van der Waals surface area (Å²) in [5.74, 6) is -0.900. The molecule has 164 valence electrons. The van der Waals surface area contributed by atoms with Crippen LogP contribution in [-0.4, -0.2) is 39.7 Å². The number of cyclic esters (lactones) is 1. The molecule has 0 unspecified atom stereocenters. The van der Waals surface area contributed by atoms with Gasteiger partial charge in [0.1, 0.15) is 0 Å². The summed E-state index contributed by atoms with van der Waals surface area (Å²) in [6.45, 7) is 7.91. The van der Waals surface area contributed by atoms with Crippen molar-refractivity contribution >= 4 is 51.6 Å². The Hall–Kier alpha value is -3.94. The number of benzene rings is 2. The van der Waals surface area contributed by atoms with Crippen LogP contribution < -0.4 is 0 Å². The van der Waals surface area contributed by atoms with E-state index in [1.807, 2.05) is 36.4 Å². The van der Waals surface area contributed by atoms with E-state index in [4.69, 9.17) is 9.57 Å². The summed E-state index contributed by atoms with van der Waals surface area (Å²) in [5.41, 5.74) is 4.26. The predicted octanol–water partition coefficient (Wildman–Crippen LogP) is 4.44. The fraction of sp³-hybridized carbons (Fsp3) is 0.250. The van der Waals surface area contributed by atoms with E-state index in [1.54, 1.807) is 19.9 Å². The predicted molar refractivity (Wildman–Crippen MR) is 121 cm³/mol. The zero-order valence-electron chi connectivity index (χ0n) is 18.3. The minimum Gasteiger partial charge on any atom is -0.404 e. The van der Waals surface area contributed by atoms with Crippen LogP contribution in [0, 0.1) is 0 Å². The number of fused-ring (bicyclic) bond motifs is 3. The van der Waals surface area contributed by atoms with Gasteiger partial charge in [-0.2, -0.15) is 0 Å². The number of oxime groups is 1. The first-order chi connectivity index (χ1) is 15.3. The number of carbonyl (C=O) groups is 3. The number of carbonyl (C=O) groups excluding carboxylic acids is 3. The summed E-state index contributed by atoms with van der Waals surface area (Å²) >= 11 is 0. The number of ether oxygens (including phenoxy) is 1. The molecule has 0 N–H and O–H groups in total. The zero-order valence-corrected chi connectivity index (χ0v) is 18.3. The topological polar surface area (TPSA) is 90.2 Å². The summed E-state index contributed by atoms with van der Waals surface area (Å²) in [5, 5.41) is 5.87. The lowest BCUT2D eigenvalue weighted by atomic mass is 10.0. The number of aromatic nitrogens is 1. The highest BCUT2D eigenvalue weighted by Crippen LogP contribution is 2.32. The summed E-state index contributed by atoms with van der Waals surface area (Å²) in [6, 6.07) is 11.8. The molecule has 8 nitrogen and oxygen atoms in total. The normalized spacial score (nSPS) is 15.8. The Bertz CT molecular complexity index is 1330. The van der Waals surface area contributed by atoms with E-state index in [2.05, 4.69) is 16.6 Å². The van der Waals surface area contributed by atoms with E-state index in [1.165, 1.54) is 6.92 Å². The summed E-state index contributed by atoms with van der Waals surface area (Å²) in [4.78, 5) is 41.1. The molecule has 1 aliphatic rings. The molecule has 0 spiro atoms. The molecular formula is C24H23N3O5. The highest BCUT2D eigenvalue weighted by Gasteiger charge is 2.35. The van der Waals surface area contributed by atoms with Gasteiger partial charge in [0.05, 0.1) is 5.71 Å². The van der Waals surface area contributed by atoms with Crippen molar-refractivity contribution in [1.82, 2.24) is 9.47 Å². The van der Waals surface area contributed by atoms with Crippen molar-refractivity contribution in [3.05, 3.63) is 53.3 Å². The monoisotopic (exact) mass is 433 g/mol. The highest BCUT2D eigenvalue weighted by atomic mass is 16.7. The van der Waals surface area contributed by atoms with Crippen molar-refractivity contribution in [1.29, 1.82) is 0 Å². The minimum atomic E-state index is -0.653. The van der Waals surface area contributed by atoms with Gasteiger partial charge < -0.3 is 14.1 Å². The number of nitrogens with zero attached hydrogens (tertiary/aromatic N) is 3. The lowest BCUT2D eigenvalue weighted by Crippen LogP contribution is -2.28. The second kappa shape index (κ2) is 8.30. The van der Waals surface area contributed by atoms with Crippen LogP contribution in [-0.2, 0) is 25.7 Å². The molecule has 3 aromatic rings. The molecule has 1 aromatic heterocycles. The maximum absolute atomic E-state index is 12.4. The molecule has 1 saturated heterocycles. The Kier molecular flexibility index (Phi) is 5.52. The van der Waals surface area contributed by atoms with E-state index in [9.17, 15) is 14.4 Å². The minimum absolute atomic E-state index is 0.0143. The molecule has 4 rings (SSSR count). The van der Waals surface area contributed by atoms with Gasteiger partial charge in [-0.1, -0.05) is 17.3 Å². The molecule has 0 aliphatic carbocycles. The smallest absolute Gasteiger partial charge is 0.404 e. The lowest BCUT2D eigenvalue weighted by Gasteiger charge is -2.04. The van der Waals surface area contributed by atoms with E-state index < -0.39 is 18.0 Å². The van der Waals surface area contributed by atoms with Crippen LogP contribution in [0.4, 0.5) is 4.79 Å². The lowest BCUT2D eigenvalue weighted by molar-refractivity contribution is -0.140. The average Bonchev–Trinajstić information content (AvgIpc) is 3.23. The molecule has 1 aliphatic heterocycles. The molecule has 2 heterocycles. The molecule has 1 fully saturated rings. The zero-order chi connectivity index (χ0) is 23.0. The highest BCUT2D eigenvalue weighted by molar-refractivity contribution is 6.13. The second-order valence-corrected chi connectivity index (χ2v) is 7.44. The fourth-order valence-corrected chi connectivity index (χ4v) is 3.89. The van der Waals surface area contributed by atoms with Crippen molar-refractivity contribution in [3.63, 3.8) is 0 Å². The summed E-state index contributed by atoms with van der Waals surface area (Å²) < 4.78 is 7.34. The first kappa shape index (κ1) is 21.3. The maximum atomic E-state index is 12.4. The van der Waals surface area contributed by atoms with Crippen molar-refractivity contribution < 1.29 is 24.0 Å². The SMILES string of the molecule is CCN1C(=O)O/C(=C\c2ccc3c(c2)c2cc(/C(C)=N/OC(C)=O)ccc2n3CC)C1=O. The average molecular weight is 433 g/mol. The number of imide groups is 1. The maximum Gasteiger partial charge on any atom is 0.422 e. The molecule has 0 saturated carbocycles. The van der Waals surface area contributed by atoms with Gasteiger partial charge in [-0.15, -0.1) is 0 Å². The Morgan fingerprint density at radius 2 is 1.72 bits per heavy atom. The van der Waals surface area contributed by atoms with Crippen LogP contribution in [0.3, 0.4) is 0 Å². The van der Waals surface area contributed by atoms with Gasteiger partial charge in [-0.3, -0.25) is 4.79 Å². The van der Waals surface area contributed by atoms with Crippen LogP contribution in [0.25, 0.3) is 27.9 Å². The number of likely N-dealkylation sites (N-methyl/N-ethyl adjacent to an activating group) is 1. The molecule has 0 bridgehead atoms. The van der Waals surface area contributed by atoms with E-state index >= 15 is 0 Å². The Morgan fingerprint density at radius 1 is 1.03 bits per heavy atom. The number of aryl methyl sites for hydroxylation is 1. The molecule has 0 radical (unpaired) electrons. The second-order valence-electron chi connectivity index (χ2n) is 7.44. The first-order valence-corrected chi connectivity index (χ1v) is 10.4. The summed E-state index contributed by atoms with van der Waals surface area (Å²) in [6.07, 6.45) is 0.932. The Labute approximate surface area is 184 Å². The molecular weight excluding hydrogens is 410 g/mol. The third-order valence-electron chi connectivity index (χ3n) is 5.42. The van der Waals surface area contributed by atoms with E-state index in [0.29, 0.717) is 5.71 Å². The summed E-state index contributed by atoms with van der Waals surface area (Å²) in [7, 11) is 0. The van der Waals surface area contributed by atoms with Crippen molar-refractivity contribution in [2.24, 2.45) is 5.16 Å². The largest absolute Gasteiger partial charge is 0.422 e. The van der Waals surface area contributed by atoms with Crippen LogP contribution in [0.2, 0.25) is 0 Å². The molecule has 8 heteroatoms. The molecule has 32 heavy (non-hydrogen) atoms. The number of amides is 2. The van der Waals surface area contributed by atoms with E-state index in [0.717, 1.165) is 44.4 Å². The van der Waals surface area contributed by atoms with Crippen molar-refractivity contribution in [2.75, 3.05) is 6.54 Å². The van der Waals surface area contributed by atoms with Gasteiger partial charge in [-0.05, 0) is 62.2 Å².